The molecular weight excluding hydrogens is 526 g/mol. The van der Waals surface area contributed by atoms with E-state index >= 15 is 0 Å². The van der Waals surface area contributed by atoms with Crippen LogP contribution in [0.1, 0.15) is 0 Å². The van der Waals surface area contributed by atoms with Crippen molar-refractivity contribution in [2.75, 3.05) is 0 Å². The van der Waals surface area contributed by atoms with Crippen LogP contribution < -0.4 is 0 Å². The first kappa shape index (κ1) is 22.7. The molecule has 0 unspecified atom stereocenters. The van der Waals surface area contributed by atoms with Crippen molar-refractivity contribution in [2.24, 2.45) is 0 Å². The molecule has 10 rings (SSSR count). The van der Waals surface area contributed by atoms with E-state index in [1.165, 1.54) is 32.6 Å². The molecule has 0 radical (unpaired) electrons. The van der Waals surface area contributed by atoms with Crippen molar-refractivity contribution in [1.82, 2.24) is 23.5 Å². The van der Waals surface area contributed by atoms with Gasteiger partial charge in [-0.25, -0.2) is 4.98 Å². The van der Waals surface area contributed by atoms with Gasteiger partial charge in [0.15, 0.2) is 0 Å². The van der Waals surface area contributed by atoms with Crippen LogP contribution in [0.5, 0.6) is 0 Å². The van der Waals surface area contributed by atoms with Gasteiger partial charge >= 0.3 is 0 Å². The fourth-order valence-corrected chi connectivity index (χ4v) is 7.17. The van der Waals surface area contributed by atoms with Gasteiger partial charge in [0.25, 0.3) is 0 Å². The molecule has 0 spiro atoms. The molecule has 0 fully saturated rings. The zero-order chi connectivity index (χ0) is 28.1. The zero-order valence-electron chi connectivity index (χ0n) is 23.0. The molecule has 0 saturated heterocycles. The molecular formula is C38H23N5. The smallest absolute Gasteiger partial charge is 0.146 e. The van der Waals surface area contributed by atoms with Crippen LogP contribution in [-0.2, 0) is 0 Å². The third-order valence-electron chi connectivity index (χ3n) is 8.92. The fraction of sp³-hybridized carbons (Fsp3) is 0. The number of nitrogens with zero attached hydrogens (tertiary/aromatic N) is 5. The summed E-state index contributed by atoms with van der Waals surface area (Å²) in [5.41, 5.74) is 9.95. The number of aromatic nitrogens is 5. The number of benzene rings is 5. The molecule has 0 aliphatic heterocycles. The lowest BCUT2D eigenvalue weighted by atomic mass is 10.0. The van der Waals surface area contributed by atoms with Crippen LogP contribution in [-0.4, -0.2) is 23.5 Å². The van der Waals surface area contributed by atoms with Gasteiger partial charge in [-0.2, -0.15) is 0 Å². The molecule has 0 saturated carbocycles. The molecule has 5 aromatic carbocycles. The number of pyridine rings is 2. The van der Waals surface area contributed by atoms with E-state index in [0.29, 0.717) is 0 Å². The Kier molecular flexibility index (Phi) is 4.39. The summed E-state index contributed by atoms with van der Waals surface area (Å²) < 4.78 is 7.01. The summed E-state index contributed by atoms with van der Waals surface area (Å²) in [4.78, 5) is 9.67. The van der Waals surface area contributed by atoms with E-state index in [4.69, 9.17) is 9.97 Å². The SMILES string of the molecule is c1ccc(-n2c3ccccc3c3cc4c5ccc6c(c7ncccc7c7nccn67)c5n(-c5ccccc5)c4cc32)cc1. The van der Waals surface area contributed by atoms with E-state index < -0.39 is 0 Å². The molecule has 0 bridgehead atoms. The first-order valence-corrected chi connectivity index (χ1v) is 14.5. The lowest BCUT2D eigenvalue weighted by Crippen LogP contribution is -1.98. The Morgan fingerprint density at radius 3 is 1.98 bits per heavy atom. The minimum atomic E-state index is 0.923. The summed E-state index contributed by atoms with van der Waals surface area (Å²) in [5, 5.41) is 7.09. The number of hydrogen-bond donors (Lipinski definition) is 0. The fourth-order valence-electron chi connectivity index (χ4n) is 7.17. The molecule has 0 N–H and O–H groups in total. The van der Waals surface area contributed by atoms with Crippen LogP contribution in [0.15, 0.2) is 140 Å². The number of para-hydroxylation sites is 3. The van der Waals surface area contributed by atoms with Gasteiger partial charge in [-0.3, -0.25) is 9.38 Å². The minimum absolute atomic E-state index is 0.923. The van der Waals surface area contributed by atoms with Gasteiger partial charge in [-0.05, 0) is 60.7 Å². The molecule has 43 heavy (non-hydrogen) atoms. The second-order valence-electron chi connectivity index (χ2n) is 11.1. The Balaban J connectivity index is 1.49. The molecule has 5 heterocycles. The number of rotatable bonds is 2. The largest absolute Gasteiger partial charge is 0.309 e. The first-order chi connectivity index (χ1) is 21.4. The highest BCUT2D eigenvalue weighted by Crippen LogP contribution is 2.43. The molecule has 0 amide bonds. The summed E-state index contributed by atoms with van der Waals surface area (Å²) in [7, 11) is 0. The summed E-state index contributed by atoms with van der Waals surface area (Å²) >= 11 is 0. The third kappa shape index (κ3) is 2.95. The van der Waals surface area contributed by atoms with E-state index in [9.17, 15) is 0 Å². The van der Waals surface area contributed by atoms with Crippen LogP contribution in [0.2, 0.25) is 0 Å². The molecule has 5 nitrogen and oxygen atoms in total. The molecule has 5 aromatic heterocycles. The second-order valence-corrected chi connectivity index (χ2v) is 11.1. The Labute approximate surface area is 245 Å². The van der Waals surface area contributed by atoms with Crippen LogP contribution >= 0.6 is 0 Å². The molecule has 200 valence electrons. The highest BCUT2D eigenvalue weighted by atomic mass is 15.0. The van der Waals surface area contributed by atoms with Crippen molar-refractivity contribution in [3.8, 4) is 11.4 Å². The Morgan fingerprint density at radius 2 is 1.14 bits per heavy atom. The number of fused-ring (bicyclic) bond motifs is 13. The average Bonchev–Trinajstić information content (AvgIpc) is 3.77. The molecule has 0 aliphatic carbocycles. The average molecular weight is 550 g/mol. The van der Waals surface area contributed by atoms with Crippen molar-refractivity contribution >= 4 is 71.1 Å². The van der Waals surface area contributed by atoms with Crippen LogP contribution in [0.4, 0.5) is 0 Å². The molecule has 10 aromatic rings. The van der Waals surface area contributed by atoms with E-state index in [2.05, 4.69) is 135 Å². The Morgan fingerprint density at radius 1 is 0.442 bits per heavy atom. The molecule has 0 aliphatic rings. The van der Waals surface area contributed by atoms with Crippen molar-refractivity contribution in [3.63, 3.8) is 0 Å². The van der Waals surface area contributed by atoms with Gasteiger partial charge in [-0.1, -0.05) is 60.7 Å². The van der Waals surface area contributed by atoms with Crippen molar-refractivity contribution in [1.29, 1.82) is 0 Å². The topological polar surface area (TPSA) is 40.1 Å². The van der Waals surface area contributed by atoms with Gasteiger partial charge in [0.05, 0.1) is 33.1 Å². The lowest BCUT2D eigenvalue weighted by Gasteiger charge is -2.13. The minimum Gasteiger partial charge on any atom is -0.309 e. The third-order valence-corrected chi connectivity index (χ3v) is 8.92. The van der Waals surface area contributed by atoms with Crippen molar-refractivity contribution in [2.45, 2.75) is 0 Å². The van der Waals surface area contributed by atoms with Crippen LogP contribution in [0.25, 0.3) is 82.4 Å². The quantitative estimate of drug-likeness (QED) is 0.202. The maximum atomic E-state index is 4.96. The van der Waals surface area contributed by atoms with E-state index in [-0.39, 0.29) is 0 Å². The predicted molar refractivity (Wildman–Crippen MR) is 177 cm³/mol. The van der Waals surface area contributed by atoms with Gasteiger partial charge in [0.1, 0.15) is 5.65 Å². The Hall–Kier alpha value is -5.94. The summed E-state index contributed by atoms with van der Waals surface area (Å²) in [6.45, 7) is 0. The Bertz CT molecular complexity index is 2710. The van der Waals surface area contributed by atoms with Gasteiger partial charge in [0, 0.05) is 62.3 Å². The van der Waals surface area contributed by atoms with Gasteiger partial charge < -0.3 is 9.13 Å². The maximum absolute atomic E-state index is 4.96. The van der Waals surface area contributed by atoms with Crippen molar-refractivity contribution in [3.05, 3.63) is 140 Å². The first-order valence-electron chi connectivity index (χ1n) is 14.5. The number of imidazole rings is 1. The van der Waals surface area contributed by atoms with Crippen molar-refractivity contribution < 1.29 is 0 Å². The van der Waals surface area contributed by atoms with E-state index in [1.54, 1.807) is 0 Å². The summed E-state index contributed by atoms with van der Waals surface area (Å²) in [6, 6.07) is 43.5. The molecule has 5 heteroatoms. The van der Waals surface area contributed by atoms with Gasteiger partial charge in [-0.15, -0.1) is 0 Å². The summed E-state index contributed by atoms with van der Waals surface area (Å²) in [5.74, 6) is 0. The normalized spacial score (nSPS) is 12.2. The highest BCUT2D eigenvalue weighted by Gasteiger charge is 2.22. The van der Waals surface area contributed by atoms with Crippen LogP contribution in [0, 0.1) is 0 Å². The second kappa shape index (κ2) is 8.30. The predicted octanol–water partition coefficient (Wildman–Crippen LogP) is 9.23. The molecule has 0 atom stereocenters. The monoisotopic (exact) mass is 549 g/mol. The standard InChI is InChI=1S/C38H23N5/c1-3-10-24(11-4-1)42-31-16-8-7-14-26(31)29-22-30-27-17-18-32-35(36-28(15-9-19-39-36)38-40-20-21-41(32)38)37(27)43(34(30)23-33(29)42)25-12-5-2-6-13-25/h1-23H. The maximum Gasteiger partial charge on any atom is 0.146 e. The van der Waals surface area contributed by atoms with E-state index in [1.807, 2.05) is 18.5 Å². The lowest BCUT2D eigenvalue weighted by molar-refractivity contribution is 1.17. The summed E-state index contributed by atoms with van der Waals surface area (Å²) in [6.07, 6.45) is 5.81. The number of hydrogen-bond acceptors (Lipinski definition) is 2. The van der Waals surface area contributed by atoms with E-state index in [0.717, 1.165) is 49.9 Å². The van der Waals surface area contributed by atoms with Gasteiger partial charge in [0.2, 0.25) is 0 Å². The highest BCUT2D eigenvalue weighted by molar-refractivity contribution is 6.27. The zero-order valence-corrected chi connectivity index (χ0v) is 23.0. The van der Waals surface area contributed by atoms with Crippen LogP contribution in [0.3, 0.4) is 0 Å².